The molecule has 88 valence electrons. The number of hydrogen-bond acceptors (Lipinski definition) is 3. The van der Waals surface area contributed by atoms with E-state index in [2.05, 4.69) is 25.9 Å². The Hall–Kier alpha value is -1.62. The van der Waals surface area contributed by atoms with Crippen LogP contribution in [-0.4, -0.2) is 16.6 Å². The number of aromatic nitrogens is 2. The third-order valence-electron chi connectivity index (χ3n) is 2.17. The van der Waals surface area contributed by atoms with Gasteiger partial charge in [-0.3, -0.25) is 4.79 Å². The van der Waals surface area contributed by atoms with E-state index in [4.69, 9.17) is 4.74 Å². The molecule has 5 heteroatoms. The first-order chi connectivity index (χ1) is 8.20. The molecule has 1 heterocycles. The number of aromatic amines is 1. The van der Waals surface area contributed by atoms with Gasteiger partial charge in [0.05, 0.1) is 6.61 Å². The lowest BCUT2D eigenvalue weighted by Crippen LogP contribution is -2.08. The van der Waals surface area contributed by atoms with Crippen LogP contribution in [0.4, 0.5) is 0 Å². The Morgan fingerprint density at radius 1 is 1.47 bits per heavy atom. The van der Waals surface area contributed by atoms with Crippen LogP contribution in [0.5, 0.6) is 5.75 Å². The number of H-pyrrole nitrogens is 1. The average molecular weight is 295 g/mol. The van der Waals surface area contributed by atoms with Gasteiger partial charge < -0.3 is 9.72 Å². The third-order valence-corrected chi connectivity index (χ3v) is 2.74. The van der Waals surface area contributed by atoms with Gasteiger partial charge in [-0.25, -0.2) is 4.98 Å². The monoisotopic (exact) mass is 294 g/mol. The predicted molar refractivity (Wildman–Crippen MR) is 69.2 cm³/mol. The standard InChI is InChI=1S/C12H11BrN2O2/c1-2-17-9-5-3-4-8(6-9)11-14-7-10(13)12(16)15-11/h3-7H,2H2,1H3,(H,14,15,16). The molecule has 0 saturated heterocycles. The van der Waals surface area contributed by atoms with Crippen LogP contribution < -0.4 is 10.3 Å². The van der Waals surface area contributed by atoms with Gasteiger partial charge in [-0.05, 0) is 35.0 Å². The Kier molecular flexibility index (Phi) is 3.58. The highest BCUT2D eigenvalue weighted by Gasteiger charge is 2.03. The second kappa shape index (κ2) is 5.14. The smallest absolute Gasteiger partial charge is 0.265 e. The maximum atomic E-state index is 11.5. The van der Waals surface area contributed by atoms with E-state index in [0.717, 1.165) is 11.3 Å². The summed E-state index contributed by atoms with van der Waals surface area (Å²) in [7, 11) is 0. The highest BCUT2D eigenvalue weighted by atomic mass is 79.9. The maximum Gasteiger partial charge on any atom is 0.265 e. The van der Waals surface area contributed by atoms with Crippen molar-refractivity contribution in [3.8, 4) is 17.1 Å². The van der Waals surface area contributed by atoms with E-state index in [0.29, 0.717) is 16.9 Å². The first-order valence-electron chi connectivity index (χ1n) is 5.18. The summed E-state index contributed by atoms with van der Waals surface area (Å²) < 4.78 is 5.81. The van der Waals surface area contributed by atoms with E-state index in [1.54, 1.807) is 0 Å². The van der Waals surface area contributed by atoms with Crippen LogP contribution in [0.3, 0.4) is 0 Å². The summed E-state index contributed by atoms with van der Waals surface area (Å²) in [6, 6.07) is 7.44. The second-order valence-electron chi connectivity index (χ2n) is 3.37. The van der Waals surface area contributed by atoms with Crippen molar-refractivity contribution in [3.63, 3.8) is 0 Å². The molecule has 0 aliphatic carbocycles. The number of halogens is 1. The summed E-state index contributed by atoms with van der Waals surface area (Å²) in [5.74, 6) is 1.29. The fourth-order valence-corrected chi connectivity index (χ4v) is 1.63. The van der Waals surface area contributed by atoms with Crippen LogP contribution in [0.2, 0.25) is 0 Å². The lowest BCUT2D eigenvalue weighted by atomic mass is 10.2. The van der Waals surface area contributed by atoms with E-state index in [1.807, 2.05) is 31.2 Å². The summed E-state index contributed by atoms with van der Waals surface area (Å²) in [5, 5.41) is 0. The van der Waals surface area contributed by atoms with Gasteiger partial charge in [-0.2, -0.15) is 0 Å². The number of nitrogens with zero attached hydrogens (tertiary/aromatic N) is 1. The van der Waals surface area contributed by atoms with Crippen molar-refractivity contribution in [1.82, 2.24) is 9.97 Å². The molecule has 0 bridgehead atoms. The average Bonchev–Trinajstić information content (AvgIpc) is 2.33. The molecule has 0 radical (unpaired) electrons. The minimum Gasteiger partial charge on any atom is -0.494 e. The summed E-state index contributed by atoms with van der Waals surface area (Å²) in [4.78, 5) is 18.3. The molecular weight excluding hydrogens is 284 g/mol. The van der Waals surface area contributed by atoms with Crippen molar-refractivity contribution < 1.29 is 4.74 Å². The van der Waals surface area contributed by atoms with E-state index >= 15 is 0 Å². The quantitative estimate of drug-likeness (QED) is 0.947. The van der Waals surface area contributed by atoms with Crippen LogP contribution in [0.25, 0.3) is 11.4 Å². The molecule has 0 unspecified atom stereocenters. The molecule has 0 amide bonds. The molecular formula is C12H11BrN2O2. The number of benzene rings is 1. The van der Waals surface area contributed by atoms with Crippen LogP contribution >= 0.6 is 15.9 Å². The summed E-state index contributed by atoms with van der Waals surface area (Å²) in [6.45, 7) is 2.53. The molecule has 0 aliphatic rings. The highest BCUT2D eigenvalue weighted by Crippen LogP contribution is 2.20. The van der Waals surface area contributed by atoms with Crippen LogP contribution in [-0.2, 0) is 0 Å². The maximum absolute atomic E-state index is 11.5. The zero-order chi connectivity index (χ0) is 12.3. The first kappa shape index (κ1) is 11.9. The lowest BCUT2D eigenvalue weighted by Gasteiger charge is -2.05. The molecule has 0 saturated carbocycles. The zero-order valence-corrected chi connectivity index (χ0v) is 10.8. The fourth-order valence-electron chi connectivity index (χ4n) is 1.43. The Morgan fingerprint density at radius 2 is 2.29 bits per heavy atom. The van der Waals surface area contributed by atoms with Gasteiger partial charge in [0, 0.05) is 11.8 Å². The Balaban J connectivity index is 2.42. The molecule has 2 aromatic rings. The van der Waals surface area contributed by atoms with Crippen molar-refractivity contribution >= 4 is 15.9 Å². The van der Waals surface area contributed by atoms with E-state index in [-0.39, 0.29) is 5.56 Å². The molecule has 0 atom stereocenters. The lowest BCUT2D eigenvalue weighted by molar-refractivity contribution is 0.340. The minimum absolute atomic E-state index is 0.197. The Morgan fingerprint density at radius 3 is 3.00 bits per heavy atom. The summed E-state index contributed by atoms with van der Waals surface area (Å²) in [6.07, 6.45) is 1.49. The molecule has 1 aromatic carbocycles. The predicted octanol–water partition coefficient (Wildman–Crippen LogP) is 2.60. The first-order valence-corrected chi connectivity index (χ1v) is 5.98. The molecule has 0 fully saturated rings. The van der Waals surface area contributed by atoms with Crippen molar-refractivity contribution in [2.24, 2.45) is 0 Å². The van der Waals surface area contributed by atoms with Crippen LogP contribution in [0, 0.1) is 0 Å². The van der Waals surface area contributed by atoms with E-state index in [1.165, 1.54) is 6.20 Å². The fraction of sp³-hybridized carbons (Fsp3) is 0.167. The van der Waals surface area contributed by atoms with Crippen molar-refractivity contribution in [3.05, 3.63) is 45.3 Å². The molecule has 0 aliphatic heterocycles. The molecule has 17 heavy (non-hydrogen) atoms. The van der Waals surface area contributed by atoms with Gasteiger partial charge in [-0.1, -0.05) is 12.1 Å². The number of nitrogens with one attached hydrogen (secondary N) is 1. The summed E-state index contributed by atoms with van der Waals surface area (Å²) >= 11 is 3.11. The second-order valence-corrected chi connectivity index (χ2v) is 4.22. The van der Waals surface area contributed by atoms with Gasteiger partial charge in [0.1, 0.15) is 16.0 Å². The Labute approximate surface area is 107 Å². The van der Waals surface area contributed by atoms with E-state index < -0.39 is 0 Å². The normalized spacial score (nSPS) is 10.2. The van der Waals surface area contributed by atoms with Gasteiger partial charge in [0.2, 0.25) is 0 Å². The number of hydrogen-bond donors (Lipinski definition) is 1. The molecule has 4 nitrogen and oxygen atoms in total. The third kappa shape index (κ3) is 2.74. The summed E-state index contributed by atoms with van der Waals surface area (Å²) in [5.41, 5.74) is 0.623. The molecule has 0 spiro atoms. The number of ether oxygens (including phenoxy) is 1. The molecule has 2 rings (SSSR count). The minimum atomic E-state index is -0.197. The van der Waals surface area contributed by atoms with Gasteiger partial charge in [0.25, 0.3) is 5.56 Å². The van der Waals surface area contributed by atoms with Gasteiger partial charge >= 0.3 is 0 Å². The van der Waals surface area contributed by atoms with Crippen molar-refractivity contribution in [2.75, 3.05) is 6.61 Å². The van der Waals surface area contributed by atoms with Crippen LogP contribution in [0.15, 0.2) is 39.7 Å². The molecule has 1 aromatic heterocycles. The van der Waals surface area contributed by atoms with E-state index in [9.17, 15) is 4.79 Å². The van der Waals surface area contributed by atoms with Gasteiger partial charge in [0.15, 0.2) is 0 Å². The van der Waals surface area contributed by atoms with Crippen molar-refractivity contribution in [1.29, 1.82) is 0 Å². The topological polar surface area (TPSA) is 55.0 Å². The molecule has 1 N–H and O–H groups in total. The number of rotatable bonds is 3. The van der Waals surface area contributed by atoms with Crippen molar-refractivity contribution in [2.45, 2.75) is 6.92 Å². The zero-order valence-electron chi connectivity index (χ0n) is 9.24. The highest BCUT2D eigenvalue weighted by molar-refractivity contribution is 9.10. The largest absolute Gasteiger partial charge is 0.494 e. The van der Waals surface area contributed by atoms with Crippen LogP contribution in [0.1, 0.15) is 6.92 Å². The van der Waals surface area contributed by atoms with Gasteiger partial charge in [-0.15, -0.1) is 0 Å². The Bertz CT molecular complexity index is 581. The SMILES string of the molecule is CCOc1cccc(-c2ncc(Br)c(=O)[nH]2)c1.